The maximum Gasteiger partial charge on any atom is 0.259 e. The van der Waals surface area contributed by atoms with Gasteiger partial charge in [0.25, 0.3) is 5.56 Å². The summed E-state index contributed by atoms with van der Waals surface area (Å²) in [5, 5.41) is 10.0. The van der Waals surface area contributed by atoms with Gasteiger partial charge < -0.3 is 9.72 Å². The summed E-state index contributed by atoms with van der Waals surface area (Å²) in [7, 11) is 0. The first kappa shape index (κ1) is 19.4. The zero-order valence-corrected chi connectivity index (χ0v) is 15.9. The van der Waals surface area contributed by atoms with Gasteiger partial charge in [0.05, 0.1) is 23.1 Å². The fourth-order valence-electron chi connectivity index (χ4n) is 2.91. The summed E-state index contributed by atoms with van der Waals surface area (Å²) in [5.74, 6) is 1.08. The molecule has 3 aromatic rings. The first-order chi connectivity index (χ1) is 13.7. The molecule has 142 valence electrons. The van der Waals surface area contributed by atoms with Crippen molar-refractivity contribution in [2.24, 2.45) is 0 Å². The van der Waals surface area contributed by atoms with Crippen molar-refractivity contribution in [1.82, 2.24) is 9.97 Å². The Labute approximate surface area is 164 Å². The molecule has 5 heteroatoms. The van der Waals surface area contributed by atoms with Crippen molar-refractivity contribution in [3.05, 3.63) is 70.3 Å². The average molecular weight is 373 g/mol. The van der Waals surface area contributed by atoms with Crippen LogP contribution in [0.5, 0.6) is 5.75 Å². The predicted molar refractivity (Wildman–Crippen MR) is 112 cm³/mol. The van der Waals surface area contributed by atoms with E-state index in [4.69, 9.17) is 4.74 Å². The number of hydrogen-bond donors (Lipinski definition) is 1. The van der Waals surface area contributed by atoms with Gasteiger partial charge in [-0.05, 0) is 42.3 Å². The summed E-state index contributed by atoms with van der Waals surface area (Å²) in [6, 6.07) is 16.7. The van der Waals surface area contributed by atoms with Crippen LogP contribution in [0, 0.1) is 11.3 Å². The minimum Gasteiger partial charge on any atom is -0.494 e. The lowest BCUT2D eigenvalue weighted by Gasteiger charge is -2.06. The molecule has 0 fully saturated rings. The third-order valence-electron chi connectivity index (χ3n) is 4.45. The molecule has 0 aliphatic rings. The van der Waals surface area contributed by atoms with Gasteiger partial charge in [-0.15, -0.1) is 0 Å². The molecular weight excluding hydrogens is 350 g/mol. The van der Waals surface area contributed by atoms with Crippen LogP contribution in [0.4, 0.5) is 0 Å². The van der Waals surface area contributed by atoms with Gasteiger partial charge in [-0.1, -0.05) is 50.5 Å². The Morgan fingerprint density at radius 2 is 1.93 bits per heavy atom. The van der Waals surface area contributed by atoms with Gasteiger partial charge in [0.1, 0.15) is 11.8 Å². The molecule has 0 saturated heterocycles. The van der Waals surface area contributed by atoms with E-state index in [-0.39, 0.29) is 11.4 Å². The van der Waals surface area contributed by atoms with Crippen molar-refractivity contribution in [2.45, 2.75) is 32.6 Å². The lowest BCUT2D eigenvalue weighted by atomic mass is 10.1. The van der Waals surface area contributed by atoms with E-state index in [0.29, 0.717) is 23.1 Å². The number of nitrogens with zero attached hydrogens (tertiary/aromatic N) is 2. The molecule has 0 unspecified atom stereocenters. The number of nitriles is 1. The lowest BCUT2D eigenvalue weighted by Crippen LogP contribution is -2.11. The van der Waals surface area contributed by atoms with Crippen molar-refractivity contribution < 1.29 is 4.74 Å². The highest BCUT2D eigenvalue weighted by Crippen LogP contribution is 2.19. The van der Waals surface area contributed by atoms with Crippen molar-refractivity contribution in [3.8, 4) is 11.8 Å². The molecule has 3 rings (SSSR count). The number of benzene rings is 2. The first-order valence-corrected chi connectivity index (χ1v) is 9.55. The molecule has 2 aromatic carbocycles. The Balaban J connectivity index is 1.76. The minimum absolute atomic E-state index is 0.256. The third kappa shape index (κ3) is 4.86. The van der Waals surface area contributed by atoms with Gasteiger partial charge in [-0.25, -0.2) is 4.98 Å². The number of ether oxygens (including phenoxy) is 1. The molecule has 0 aliphatic heterocycles. The van der Waals surface area contributed by atoms with Crippen LogP contribution in [0.1, 0.15) is 44.0 Å². The first-order valence-electron chi connectivity index (χ1n) is 9.55. The summed E-state index contributed by atoms with van der Waals surface area (Å²) in [6.07, 6.45) is 6.38. The van der Waals surface area contributed by atoms with Gasteiger partial charge >= 0.3 is 0 Å². The van der Waals surface area contributed by atoms with Gasteiger partial charge in [0.2, 0.25) is 0 Å². The number of nitrogens with one attached hydrogen (secondary N) is 1. The number of para-hydroxylation sites is 1. The topological polar surface area (TPSA) is 78.8 Å². The van der Waals surface area contributed by atoms with Gasteiger partial charge in [0.15, 0.2) is 5.82 Å². The van der Waals surface area contributed by atoms with Crippen LogP contribution in [0.2, 0.25) is 0 Å². The number of hydrogen-bond acceptors (Lipinski definition) is 4. The zero-order valence-electron chi connectivity index (χ0n) is 15.9. The molecule has 1 N–H and O–H groups in total. The molecule has 0 aliphatic carbocycles. The SMILES string of the molecule is CCCCCCOc1ccc(/C=C(\C#N)c2nc3ccccc3c(=O)[nH]2)cc1. The Bertz CT molecular complexity index is 1060. The van der Waals surface area contributed by atoms with E-state index in [9.17, 15) is 10.1 Å². The molecule has 0 saturated carbocycles. The van der Waals surface area contributed by atoms with Crippen molar-refractivity contribution in [1.29, 1.82) is 5.26 Å². The molecule has 0 radical (unpaired) electrons. The Morgan fingerprint density at radius 3 is 2.68 bits per heavy atom. The van der Waals surface area contributed by atoms with E-state index in [1.807, 2.05) is 30.3 Å². The molecule has 1 aromatic heterocycles. The highest BCUT2D eigenvalue weighted by atomic mass is 16.5. The van der Waals surface area contributed by atoms with Crippen molar-refractivity contribution in [2.75, 3.05) is 6.61 Å². The summed E-state index contributed by atoms with van der Waals surface area (Å²) < 4.78 is 5.74. The summed E-state index contributed by atoms with van der Waals surface area (Å²) in [4.78, 5) is 19.3. The number of H-pyrrole nitrogens is 1. The van der Waals surface area contributed by atoms with E-state index in [1.165, 1.54) is 19.3 Å². The largest absolute Gasteiger partial charge is 0.494 e. The van der Waals surface area contributed by atoms with Crippen LogP contribution in [0.15, 0.2) is 53.3 Å². The molecule has 1 heterocycles. The summed E-state index contributed by atoms with van der Waals surface area (Å²) >= 11 is 0. The van der Waals surface area contributed by atoms with Crippen molar-refractivity contribution in [3.63, 3.8) is 0 Å². The second-order valence-electron chi connectivity index (χ2n) is 6.58. The maximum atomic E-state index is 12.2. The van der Waals surface area contributed by atoms with Gasteiger partial charge in [-0.2, -0.15) is 5.26 Å². The van der Waals surface area contributed by atoms with E-state index < -0.39 is 0 Å². The molecular formula is C23H23N3O2. The van der Waals surface area contributed by atoms with E-state index >= 15 is 0 Å². The summed E-state index contributed by atoms with van der Waals surface area (Å²) in [5.41, 5.74) is 1.45. The predicted octanol–water partition coefficient (Wildman–Crippen LogP) is 4.95. The number of aromatic amines is 1. The molecule has 28 heavy (non-hydrogen) atoms. The monoisotopic (exact) mass is 373 g/mol. The lowest BCUT2D eigenvalue weighted by molar-refractivity contribution is 0.305. The number of aromatic nitrogens is 2. The quantitative estimate of drug-likeness (QED) is 0.448. The number of allylic oxidation sites excluding steroid dienone is 1. The molecule has 0 atom stereocenters. The van der Waals surface area contributed by atoms with Gasteiger partial charge in [-0.3, -0.25) is 4.79 Å². The third-order valence-corrected chi connectivity index (χ3v) is 4.45. The molecule has 5 nitrogen and oxygen atoms in total. The average Bonchev–Trinajstić information content (AvgIpc) is 2.73. The maximum absolute atomic E-state index is 12.2. The highest BCUT2D eigenvalue weighted by molar-refractivity contribution is 5.89. The van der Waals surface area contributed by atoms with Crippen LogP contribution in [0.25, 0.3) is 22.6 Å². The highest BCUT2D eigenvalue weighted by Gasteiger charge is 2.08. The Hall–Kier alpha value is -3.39. The van der Waals surface area contributed by atoms with E-state index in [2.05, 4.69) is 23.0 Å². The fraction of sp³-hybridized carbons (Fsp3) is 0.261. The van der Waals surface area contributed by atoms with E-state index in [1.54, 1.807) is 24.3 Å². The van der Waals surface area contributed by atoms with Gasteiger partial charge in [0, 0.05) is 0 Å². The van der Waals surface area contributed by atoms with Crippen LogP contribution >= 0.6 is 0 Å². The fourth-order valence-corrected chi connectivity index (χ4v) is 2.91. The van der Waals surface area contributed by atoms with Crippen LogP contribution in [-0.2, 0) is 0 Å². The molecule has 0 amide bonds. The standard InChI is InChI=1S/C23H23N3O2/c1-2-3-4-7-14-28-19-12-10-17(11-13-19)15-18(16-24)22-25-21-9-6-5-8-20(21)23(27)26-22/h5-6,8-13,15H,2-4,7,14H2,1H3,(H,25,26,27)/b18-15+. The van der Waals surface area contributed by atoms with Crippen molar-refractivity contribution >= 4 is 22.6 Å². The van der Waals surface area contributed by atoms with Crippen LogP contribution in [-0.4, -0.2) is 16.6 Å². The second kappa shape index (κ2) is 9.52. The number of unbranched alkanes of at least 4 members (excludes halogenated alkanes) is 3. The summed E-state index contributed by atoms with van der Waals surface area (Å²) in [6.45, 7) is 2.90. The second-order valence-corrected chi connectivity index (χ2v) is 6.58. The number of fused-ring (bicyclic) bond motifs is 1. The normalized spacial score (nSPS) is 11.4. The Morgan fingerprint density at radius 1 is 1.14 bits per heavy atom. The Kier molecular flexibility index (Phi) is 6.59. The smallest absolute Gasteiger partial charge is 0.259 e. The molecule has 0 spiro atoms. The van der Waals surface area contributed by atoms with E-state index in [0.717, 1.165) is 17.7 Å². The minimum atomic E-state index is -0.256. The van der Waals surface area contributed by atoms with Crippen LogP contribution in [0.3, 0.4) is 0 Å². The molecule has 0 bridgehead atoms. The van der Waals surface area contributed by atoms with Crippen LogP contribution < -0.4 is 10.3 Å². The zero-order chi connectivity index (χ0) is 19.8. The number of rotatable bonds is 8.